The maximum Gasteiger partial charge on any atom is 0.408 e. The van der Waals surface area contributed by atoms with Crippen molar-refractivity contribution >= 4 is 88.9 Å². The lowest BCUT2D eigenvalue weighted by Gasteiger charge is -2.32. The zero-order valence-electron chi connectivity index (χ0n) is 75.4. The number of ether oxygens (including phenoxy) is 2. The average molecular weight is 1620 g/mol. The first-order valence-electron chi connectivity index (χ1n) is 40.9. The predicted octanol–water partition coefficient (Wildman–Crippen LogP) is 7.28. The van der Waals surface area contributed by atoms with Gasteiger partial charge in [0, 0.05) is 87.2 Å². The van der Waals surface area contributed by atoms with Crippen LogP contribution in [0.4, 0.5) is 4.79 Å². The van der Waals surface area contributed by atoms with Gasteiger partial charge in [-0.3, -0.25) is 67.1 Å². The van der Waals surface area contributed by atoms with Crippen molar-refractivity contribution in [2.75, 3.05) is 7.11 Å². The molecule has 656 valence electrons. The van der Waals surface area contributed by atoms with Gasteiger partial charge in [-0.25, -0.2) is 4.79 Å². The van der Waals surface area contributed by atoms with Crippen LogP contribution in [-0.2, 0) is 76.6 Å². The third-order valence-corrected chi connectivity index (χ3v) is 20.3. The van der Waals surface area contributed by atoms with Crippen LogP contribution in [0.25, 0.3) is 0 Å². The van der Waals surface area contributed by atoms with E-state index in [2.05, 4.69) is 74.4 Å². The van der Waals surface area contributed by atoms with E-state index in [1.165, 1.54) is 7.11 Å². The summed E-state index contributed by atoms with van der Waals surface area (Å²) in [7, 11) is 1.30. The highest BCUT2D eigenvalue weighted by atomic mass is 16.6. The largest absolute Gasteiger partial charge is 0.469 e. The molecule has 14 N–H and O–H groups in total. The molecule has 14 amide bonds. The summed E-state index contributed by atoms with van der Waals surface area (Å²) in [6.07, 6.45) is 0.688. The van der Waals surface area contributed by atoms with Crippen molar-refractivity contribution in [1.29, 1.82) is 0 Å². The summed E-state index contributed by atoms with van der Waals surface area (Å²) in [6.45, 7) is 53.4. The lowest BCUT2D eigenvalue weighted by molar-refractivity contribution is -0.141. The Bertz CT molecular complexity index is 3260. The molecule has 0 bridgehead atoms. The summed E-state index contributed by atoms with van der Waals surface area (Å²) in [5.74, 6) is -7.17. The number of methoxy groups -OCH3 is 1. The minimum Gasteiger partial charge on any atom is -0.469 e. The number of carbonyl (C=O) groups is 15. The molecule has 0 aliphatic rings. The fourth-order valence-electron chi connectivity index (χ4n) is 12.0. The lowest BCUT2D eigenvalue weighted by atomic mass is 9.94. The fraction of sp³-hybridized carbons (Fsp3) is 0.819. The Balaban J connectivity index is 5.57. The summed E-state index contributed by atoms with van der Waals surface area (Å²) in [4.78, 5) is 201. The topological polar surface area (TPSA) is 443 Å². The number of amides is 14. The molecule has 0 rings (SSSR count). The molecule has 31 heteroatoms. The Kier molecular flexibility index (Phi) is 42.7. The van der Waals surface area contributed by atoms with Gasteiger partial charge in [0.25, 0.3) is 0 Å². The highest BCUT2D eigenvalue weighted by Crippen LogP contribution is 2.22. The van der Waals surface area contributed by atoms with E-state index in [4.69, 9.17) is 9.47 Å². The van der Waals surface area contributed by atoms with Gasteiger partial charge in [-0.15, -0.1) is 0 Å². The van der Waals surface area contributed by atoms with E-state index in [-0.39, 0.29) is 131 Å². The Morgan fingerprint density at radius 2 is 0.368 bits per heavy atom. The van der Waals surface area contributed by atoms with Crippen molar-refractivity contribution < 1.29 is 81.4 Å². The van der Waals surface area contributed by atoms with Gasteiger partial charge in [-0.05, 0) is 204 Å². The number of nitrogens with one attached hydrogen (secondary N) is 14. The maximum atomic E-state index is 13.9. The van der Waals surface area contributed by atoms with Crippen molar-refractivity contribution in [2.24, 2.45) is 41.4 Å². The molecule has 0 radical (unpaired) electrons. The SMILES string of the molecule is COC(=O)CC[C@@H](NC(=O)C(C)(C)NC(=O)CC[C@@H](NC(=O)C(C)(C)NC(=O)CC[C@@H](NC(=O)C(C)(C)NC(=O)CC[C@@H](NC(=O)C(C)(C)NC(=O)CC[C@@H](NC(=O)C(C)(C)NC(=O)CC[C@@H](NC(=O)C(C)(C)NC(=O)CC[C@@H](NC(=O)C(C)(C)NC(=O)OC(C)(C)C)C(C)C)C(C)C)C(C)C)C(C)C)C(C)C)C(C)C)C(C)C. The van der Waals surface area contributed by atoms with Crippen molar-refractivity contribution in [2.45, 2.75) is 391 Å². The molecule has 0 aromatic rings. The molecule has 0 heterocycles. The average Bonchev–Trinajstić information content (AvgIpc) is 0.865. The molecule has 0 fully saturated rings. The van der Waals surface area contributed by atoms with Crippen LogP contribution in [0.3, 0.4) is 0 Å². The van der Waals surface area contributed by atoms with Crippen LogP contribution in [0.2, 0.25) is 0 Å². The van der Waals surface area contributed by atoms with Gasteiger partial charge < -0.3 is 83.9 Å². The highest BCUT2D eigenvalue weighted by Gasteiger charge is 2.41. The second-order valence-corrected chi connectivity index (χ2v) is 37.9. The summed E-state index contributed by atoms with van der Waals surface area (Å²) in [5.41, 5.74) is -10.4. The molecular formula is C83H152N14O17. The van der Waals surface area contributed by atoms with Crippen LogP contribution >= 0.6 is 0 Å². The van der Waals surface area contributed by atoms with Crippen molar-refractivity contribution in [3.05, 3.63) is 0 Å². The predicted molar refractivity (Wildman–Crippen MR) is 441 cm³/mol. The Morgan fingerprint density at radius 1 is 0.228 bits per heavy atom. The number of hydrogen-bond donors (Lipinski definition) is 14. The zero-order valence-corrected chi connectivity index (χ0v) is 75.4. The number of rotatable bonds is 49. The molecule has 114 heavy (non-hydrogen) atoms. The van der Waals surface area contributed by atoms with Crippen LogP contribution < -0.4 is 74.4 Å². The van der Waals surface area contributed by atoms with Crippen molar-refractivity contribution in [1.82, 2.24) is 74.4 Å². The van der Waals surface area contributed by atoms with Crippen molar-refractivity contribution in [3.8, 4) is 0 Å². The summed E-state index contributed by atoms with van der Waals surface area (Å²) >= 11 is 0. The number of esters is 1. The van der Waals surface area contributed by atoms with Gasteiger partial charge in [-0.2, -0.15) is 0 Å². The van der Waals surface area contributed by atoms with Crippen LogP contribution in [0.1, 0.15) is 305 Å². The normalized spacial score (nSPS) is 14.4. The second-order valence-electron chi connectivity index (χ2n) is 37.9. The van der Waals surface area contributed by atoms with Gasteiger partial charge in [0.05, 0.1) is 7.11 Å². The zero-order chi connectivity index (χ0) is 89.0. The third-order valence-electron chi connectivity index (χ3n) is 20.3. The third kappa shape index (κ3) is 39.5. The second kappa shape index (κ2) is 46.0. The smallest absolute Gasteiger partial charge is 0.408 e. The van der Waals surface area contributed by atoms with Gasteiger partial charge in [0.15, 0.2) is 0 Å². The lowest BCUT2D eigenvalue weighted by Crippen LogP contribution is -2.59. The van der Waals surface area contributed by atoms with Gasteiger partial charge in [0.1, 0.15) is 44.4 Å². The van der Waals surface area contributed by atoms with E-state index in [0.717, 1.165) is 0 Å². The molecule has 31 nitrogen and oxygen atoms in total. The molecule has 0 saturated heterocycles. The van der Waals surface area contributed by atoms with E-state index >= 15 is 0 Å². The van der Waals surface area contributed by atoms with Crippen LogP contribution in [-0.4, -0.2) is 183 Å². The van der Waals surface area contributed by atoms with E-state index in [9.17, 15) is 71.9 Å². The number of hydrogen-bond acceptors (Lipinski definition) is 17. The molecule has 0 spiro atoms. The standard InChI is InChI=1S/C83H152N14O17/c1-47(2)54(33-40-61(98)92-78(20,21)69(106)86-56(49(5)6)35-42-63(100)94-80(24,25)71(108)88-58(51(9)10)37-44-65(102)96-82(28,29)73(110)90-60(53(13)14)39-46-67(104)113-32)84-68(105)77(18,19)91-62(99)41-34-55(48(3)4)85-70(107)79(22,23)93-64(101)43-36-57(50(7)8)87-72(109)81(26,27)95-66(103)45-38-59(52(11)12)89-74(111)83(30,31)97-75(112)114-76(15,16)17/h47-60H,33-46H2,1-32H3,(H,84,105)(H,85,107)(H,86,106)(H,87,109)(H,88,108)(H,89,111)(H,90,110)(H,91,99)(H,92,98)(H,93,101)(H,94,100)(H,95,103)(H,96,102)(H,97,112)/t54-,55-,56-,57-,58-,59-,60-/m1/s1. The molecule has 7 atom stereocenters. The molecular weight excluding hydrogens is 1460 g/mol. The van der Waals surface area contributed by atoms with Gasteiger partial charge in [0.2, 0.25) is 76.8 Å². The quantitative estimate of drug-likeness (QED) is 0.0266. The first-order valence-corrected chi connectivity index (χ1v) is 40.9. The minimum atomic E-state index is -1.42. The highest BCUT2D eigenvalue weighted by molar-refractivity contribution is 5.95. The van der Waals surface area contributed by atoms with E-state index < -0.39 is 169 Å². The van der Waals surface area contributed by atoms with E-state index in [0.29, 0.717) is 6.42 Å². The summed E-state index contributed by atoms with van der Waals surface area (Å²) < 4.78 is 10.1. The monoisotopic (exact) mass is 1620 g/mol. The van der Waals surface area contributed by atoms with E-state index in [1.807, 2.05) is 96.9 Å². The maximum absolute atomic E-state index is 13.9. The fourth-order valence-corrected chi connectivity index (χ4v) is 12.0. The van der Waals surface area contributed by atoms with Crippen molar-refractivity contribution in [3.63, 3.8) is 0 Å². The number of carbonyl (C=O) groups excluding carboxylic acids is 15. The first kappa shape index (κ1) is 106. The Morgan fingerprint density at radius 3 is 0.500 bits per heavy atom. The molecule has 0 aromatic carbocycles. The molecule has 0 aliphatic heterocycles. The van der Waals surface area contributed by atoms with Gasteiger partial charge >= 0.3 is 12.1 Å². The minimum absolute atomic E-state index is 0.00856. The van der Waals surface area contributed by atoms with Crippen LogP contribution in [0.5, 0.6) is 0 Å². The summed E-state index contributed by atoms with van der Waals surface area (Å²) in [6, 6.07) is -3.32. The Labute approximate surface area is 681 Å². The molecule has 0 aromatic heterocycles. The first-order chi connectivity index (χ1) is 51.7. The molecule has 0 unspecified atom stereocenters. The van der Waals surface area contributed by atoms with Crippen LogP contribution in [0.15, 0.2) is 0 Å². The molecule has 0 aliphatic carbocycles. The van der Waals surface area contributed by atoms with Crippen LogP contribution in [0, 0.1) is 41.4 Å². The summed E-state index contributed by atoms with van der Waals surface area (Å²) in [5, 5.41) is 40.2. The molecule has 0 saturated carbocycles. The Hall–Kier alpha value is -8.15. The van der Waals surface area contributed by atoms with Gasteiger partial charge in [-0.1, -0.05) is 96.9 Å². The van der Waals surface area contributed by atoms with E-state index in [1.54, 1.807) is 118 Å². The number of alkyl carbamates (subject to hydrolysis) is 1.